The van der Waals surface area contributed by atoms with Gasteiger partial charge in [-0.05, 0) is 49.6 Å². The zero-order chi connectivity index (χ0) is 16.0. The summed E-state index contributed by atoms with van der Waals surface area (Å²) in [7, 11) is 0. The van der Waals surface area contributed by atoms with Crippen molar-refractivity contribution in [1.82, 2.24) is 9.78 Å². The summed E-state index contributed by atoms with van der Waals surface area (Å²) >= 11 is 0. The number of hydrogen-bond acceptors (Lipinski definition) is 2. The third kappa shape index (κ3) is 2.33. The second-order valence-electron chi connectivity index (χ2n) is 6.31. The van der Waals surface area contributed by atoms with Gasteiger partial charge in [-0.1, -0.05) is 42.8 Å². The third-order valence-electron chi connectivity index (χ3n) is 4.55. The molecule has 2 heterocycles. The van der Waals surface area contributed by atoms with Crippen LogP contribution in [0.1, 0.15) is 35.5 Å². The predicted octanol–water partition coefficient (Wildman–Crippen LogP) is 4.70. The van der Waals surface area contributed by atoms with Crippen molar-refractivity contribution in [3.05, 3.63) is 70.9 Å². The zero-order valence-corrected chi connectivity index (χ0v) is 13.8. The summed E-state index contributed by atoms with van der Waals surface area (Å²) in [6.07, 6.45) is 1.10. The number of nitrogens with one attached hydrogen (secondary N) is 1. The van der Waals surface area contributed by atoms with Crippen LogP contribution >= 0.6 is 0 Å². The van der Waals surface area contributed by atoms with Gasteiger partial charge in [0.25, 0.3) is 0 Å². The van der Waals surface area contributed by atoms with Crippen LogP contribution in [0, 0.1) is 13.8 Å². The summed E-state index contributed by atoms with van der Waals surface area (Å²) < 4.78 is 2.11. The van der Waals surface area contributed by atoms with Crippen molar-refractivity contribution in [3.63, 3.8) is 0 Å². The van der Waals surface area contributed by atoms with Gasteiger partial charge >= 0.3 is 0 Å². The molecule has 0 spiro atoms. The van der Waals surface area contributed by atoms with Gasteiger partial charge in [-0.25, -0.2) is 4.68 Å². The molecule has 1 N–H and O–H groups in total. The molecule has 116 valence electrons. The van der Waals surface area contributed by atoms with Crippen molar-refractivity contribution in [2.45, 2.75) is 33.4 Å². The quantitative estimate of drug-likeness (QED) is 0.743. The third-order valence-corrected chi connectivity index (χ3v) is 4.55. The van der Waals surface area contributed by atoms with Crippen molar-refractivity contribution < 1.29 is 0 Å². The number of aryl methyl sites for hydroxylation is 3. The highest BCUT2D eigenvalue weighted by Gasteiger charge is 2.26. The van der Waals surface area contributed by atoms with Crippen LogP contribution in [0.25, 0.3) is 11.3 Å². The molecular formula is C20H21N3. The molecule has 3 nitrogen and oxygen atoms in total. The van der Waals surface area contributed by atoms with Gasteiger partial charge in [-0.15, -0.1) is 0 Å². The molecule has 0 radical (unpaired) electrons. The lowest BCUT2D eigenvalue weighted by molar-refractivity contribution is 0.571. The molecule has 2 aromatic carbocycles. The van der Waals surface area contributed by atoms with Gasteiger partial charge < -0.3 is 5.32 Å². The smallest absolute Gasteiger partial charge is 0.147 e. The molecule has 1 aliphatic rings. The largest absolute Gasteiger partial charge is 0.359 e. The standard InChI is InChI=1S/C20H21N3/c1-4-15-6-8-16(9-7-15)20-21-18-10-5-13(2)11-17(18)19-12-14(3)22-23(19)20/h5-12,20-21H,4H2,1-3H3. The van der Waals surface area contributed by atoms with Crippen molar-refractivity contribution in [2.75, 3.05) is 5.32 Å². The molecule has 23 heavy (non-hydrogen) atoms. The predicted molar refractivity (Wildman–Crippen MR) is 94.7 cm³/mol. The van der Waals surface area contributed by atoms with E-state index in [2.05, 4.69) is 79.3 Å². The fraction of sp³-hybridized carbons (Fsp3) is 0.250. The monoisotopic (exact) mass is 303 g/mol. The van der Waals surface area contributed by atoms with Crippen LogP contribution in [0.15, 0.2) is 48.5 Å². The Morgan fingerprint density at radius 1 is 1.04 bits per heavy atom. The van der Waals surface area contributed by atoms with Crippen molar-refractivity contribution in [1.29, 1.82) is 0 Å². The normalized spacial score (nSPS) is 15.7. The van der Waals surface area contributed by atoms with Gasteiger partial charge in [0.2, 0.25) is 0 Å². The van der Waals surface area contributed by atoms with Crippen LogP contribution in [0.2, 0.25) is 0 Å². The second kappa shape index (κ2) is 5.27. The van der Waals surface area contributed by atoms with Gasteiger partial charge in [0.05, 0.1) is 11.4 Å². The van der Waals surface area contributed by atoms with E-state index in [1.54, 1.807) is 0 Å². The minimum absolute atomic E-state index is 0.0415. The highest BCUT2D eigenvalue weighted by Crippen LogP contribution is 2.38. The maximum absolute atomic E-state index is 4.73. The van der Waals surface area contributed by atoms with Crippen molar-refractivity contribution >= 4 is 5.69 Å². The van der Waals surface area contributed by atoms with Crippen LogP contribution < -0.4 is 5.32 Å². The van der Waals surface area contributed by atoms with Crippen LogP contribution in [0.4, 0.5) is 5.69 Å². The Labute approximate surface area is 137 Å². The first-order valence-electron chi connectivity index (χ1n) is 8.18. The maximum Gasteiger partial charge on any atom is 0.147 e. The minimum Gasteiger partial charge on any atom is -0.359 e. The van der Waals surface area contributed by atoms with E-state index >= 15 is 0 Å². The first-order chi connectivity index (χ1) is 11.2. The molecule has 3 aromatic rings. The molecular weight excluding hydrogens is 282 g/mol. The van der Waals surface area contributed by atoms with E-state index in [1.807, 2.05) is 0 Å². The molecule has 4 rings (SSSR count). The van der Waals surface area contributed by atoms with Crippen LogP contribution in [0.3, 0.4) is 0 Å². The van der Waals surface area contributed by atoms with E-state index in [-0.39, 0.29) is 6.17 Å². The number of hydrogen-bond donors (Lipinski definition) is 1. The van der Waals surface area contributed by atoms with E-state index in [9.17, 15) is 0 Å². The van der Waals surface area contributed by atoms with E-state index in [0.717, 1.165) is 12.1 Å². The molecule has 1 atom stereocenters. The fourth-order valence-corrected chi connectivity index (χ4v) is 3.28. The highest BCUT2D eigenvalue weighted by atomic mass is 15.4. The summed E-state index contributed by atoms with van der Waals surface area (Å²) in [4.78, 5) is 0. The van der Waals surface area contributed by atoms with Gasteiger partial charge in [-0.2, -0.15) is 5.10 Å². The average molecular weight is 303 g/mol. The van der Waals surface area contributed by atoms with E-state index in [4.69, 9.17) is 5.10 Å². The molecule has 3 heteroatoms. The number of rotatable bonds is 2. The van der Waals surface area contributed by atoms with Crippen LogP contribution in [0.5, 0.6) is 0 Å². The zero-order valence-electron chi connectivity index (χ0n) is 13.8. The Morgan fingerprint density at radius 3 is 2.57 bits per heavy atom. The molecule has 0 bridgehead atoms. The molecule has 0 saturated heterocycles. The number of aromatic nitrogens is 2. The molecule has 0 fully saturated rings. The number of anilines is 1. The summed E-state index contributed by atoms with van der Waals surface area (Å²) in [5, 5.41) is 8.38. The van der Waals surface area contributed by atoms with Crippen LogP contribution in [-0.2, 0) is 6.42 Å². The summed E-state index contributed by atoms with van der Waals surface area (Å²) in [6.45, 7) is 6.36. The van der Waals surface area contributed by atoms with Crippen LogP contribution in [-0.4, -0.2) is 9.78 Å². The highest BCUT2D eigenvalue weighted by molar-refractivity contribution is 5.79. The average Bonchev–Trinajstić information content (AvgIpc) is 2.96. The Balaban J connectivity index is 1.85. The Bertz CT molecular complexity index is 859. The summed E-state index contributed by atoms with van der Waals surface area (Å²) in [5.74, 6) is 0. The Hall–Kier alpha value is -2.55. The molecule has 0 amide bonds. The SMILES string of the molecule is CCc1ccc(C2Nc3ccc(C)cc3-c3cc(C)nn32)cc1. The van der Waals surface area contributed by atoms with Crippen molar-refractivity contribution in [2.24, 2.45) is 0 Å². The molecule has 1 aliphatic heterocycles. The van der Waals surface area contributed by atoms with E-state index in [1.165, 1.54) is 33.6 Å². The van der Waals surface area contributed by atoms with E-state index in [0.29, 0.717) is 0 Å². The molecule has 1 unspecified atom stereocenters. The maximum atomic E-state index is 4.73. The molecule has 0 aliphatic carbocycles. The molecule has 0 saturated carbocycles. The minimum atomic E-state index is 0.0415. The van der Waals surface area contributed by atoms with Gasteiger partial charge in [0.15, 0.2) is 0 Å². The van der Waals surface area contributed by atoms with Gasteiger partial charge in [0.1, 0.15) is 6.17 Å². The Morgan fingerprint density at radius 2 is 1.83 bits per heavy atom. The fourth-order valence-electron chi connectivity index (χ4n) is 3.28. The first kappa shape index (κ1) is 14.1. The van der Waals surface area contributed by atoms with Gasteiger partial charge in [0, 0.05) is 11.3 Å². The number of nitrogens with zero attached hydrogens (tertiary/aromatic N) is 2. The summed E-state index contributed by atoms with van der Waals surface area (Å²) in [5.41, 5.74) is 8.49. The lowest BCUT2D eigenvalue weighted by Crippen LogP contribution is -2.25. The number of benzene rings is 2. The molecule has 1 aromatic heterocycles. The Kier molecular flexibility index (Phi) is 3.22. The van der Waals surface area contributed by atoms with Crippen molar-refractivity contribution in [3.8, 4) is 11.3 Å². The first-order valence-corrected chi connectivity index (χ1v) is 8.18. The van der Waals surface area contributed by atoms with E-state index < -0.39 is 0 Å². The lowest BCUT2D eigenvalue weighted by atomic mass is 10.0. The summed E-state index contributed by atoms with van der Waals surface area (Å²) in [6, 6.07) is 17.5. The van der Waals surface area contributed by atoms with Gasteiger partial charge in [-0.3, -0.25) is 0 Å². The topological polar surface area (TPSA) is 29.9 Å². The second-order valence-corrected chi connectivity index (χ2v) is 6.31. The lowest BCUT2D eigenvalue weighted by Gasteiger charge is -2.29. The number of fused-ring (bicyclic) bond motifs is 3.